The van der Waals surface area contributed by atoms with Crippen LogP contribution in [0.15, 0.2) is 22.7 Å². The third-order valence-electron chi connectivity index (χ3n) is 1.27. The van der Waals surface area contributed by atoms with E-state index < -0.39 is 5.78 Å². The second-order valence-corrected chi connectivity index (χ2v) is 3.39. The van der Waals surface area contributed by atoms with E-state index in [4.69, 9.17) is 16.9 Å². The number of rotatable bonds is 1. The SMILES string of the molecule is N#CC(=O)c1cc(Br)ccc1Cl. The van der Waals surface area contributed by atoms with Crippen molar-refractivity contribution in [2.45, 2.75) is 0 Å². The van der Waals surface area contributed by atoms with E-state index in [2.05, 4.69) is 15.9 Å². The molecule has 0 spiro atoms. The zero-order chi connectivity index (χ0) is 9.14. The molecule has 0 saturated carbocycles. The first-order chi connectivity index (χ1) is 5.65. The van der Waals surface area contributed by atoms with E-state index in [1.54, 1.807) is 12.1 Å². The minimum absolute atomic E-state index is 0.230. The number of hydrogen-bond acceptors (Lipinski definition) is 2. The highest BCUT2D eigenvalue weighted by Crippen LogP contribution is 2.20. The molecule has 0 amide bonds. The van der Waals surface area contributed by atoms with Crippen LogP contribution in [0.1, 0.15) is 10.4 Å². The van der Waals surface area contributed by atoms with Crippen LogP contribution in [0, 0.1) is 11.3 Å². The largest absolute Gasteiger partial charge is 0.277 e. The lowest BCUT2D eigenvalue weighted by atomic mass is 10.1. The van der Waals surface area contributed by atoms with Crippen LogP contribution in [0.2, 0.25) is 5.02 Å². The first-order valence-electron chi connectivity index (χ1n) is 3.04. The average molecular weight is 244 g/mol. The third-order valence-corrected chi connectivity index (χ3v) is 2.10. The predicted molar refractivity (Wildman–Crippen MR) is 49.1 cm³/mol. The monoisotopic (exact) mass is 243 g/mol. The Bertz CT molecular complexity index is 370. The Morgan fingerprint density at radius 2 is 2.25 bits per heavy atom. The molecule has 0 saturated heterocycles. The fourth-order valence-electron chi connectivity index (χ4n) is 0.732. The molecule has 12 heavy (non-hydrogen) atoms. The normalized spacial score (nSPS) is 9.08. The summed E-state index contributed by atoms with van der Waals surface area (Å²) >= 11 is 8.85. The molecule has 0 N–H and O–H groups in total. The summed E-state index contributed by atoms with van der Waals surface area (Å²) in [6.07, 6.45) is 0. The number of carbonyl (C=O) groups excluding carboxylic acids is 1. The number of nitriles is 1. The van der Waals surface area contributed by atoms with Crippen LogP contribution in [-0.4, -0.2) is 5.78 Å². The zero-order valence-corrected chi connectivity index (χ0v) is 8.19. The average Bonchev–Trinajstić information content (AvgIpc) is 2.08. The van der Waals surface area contributed by atoms with E-state index >= 15 is 0 Å². The summed E-state index contributed by atoms with van der Waals surface area (Å²) in [6, 6.07) is 6.30. The minimum atomic E-state index is -0.624. The van der Waals surface area contributed by atoms with E-state index in [-0.39, 0.29) is 5.56 Å². The Balaban J connectivity index is 3.25. The van der Waals surface area contributed by atoms with Crippen molar-refractivity contribution >= 4 is 33.3 Å². The Morgan fingerprint density at radius 1 is 1.58 bits per heavy atom. The smallest absolute Gasteiger partial charge is 0.263 e. The Kier molecular flexibility index (Phi) is 2.85. The maximum absolute atomic E-state index is 10.9. The second-order valence-electron chi connectivity index (χ2n) is 2.07. The van der Waals surface area contributed by atoms with E-state index in [0.29, 0.717) is 5.02 Å². The Morgan fingerprint density at radius 3 is 2.83 bits per heavy atom. The molecule has 0 aliphatic rings. The quantitative estimate of drug-likeness (QED) is 0.563. The van der Waals surface area contributed by atoms with Gasteiger partial charge in [-0.05, 0) is 18.2 Å². The number of carbonyl (C=O) groups is 1. The standard InChI is InChI=1S/C8H3BrClNO/c9-5-1-2-7(10)6(3-5)8(12)4-11/h1-3H. The number of benzene rings is 1. The lowest BCUT2D eigenvalue weighted by Gasteiger charge is -1.97. The molecule has 0 atom stereocenters. The number of halogens is 2. The Labute approximate surface area is 82.9 Å². The van der Waals surface area contributed by atoms with Gasteiger partial charge in [-0.1, -0.05) is 27.5 Å². The van der Waals surface area contributed by atoms with Crippen LogP contribution < -0.4 is 0 Å². The van der Waals surface area contributed by atoms with Gasteiger partial charge in [0, 0.05) is 4.47 Å². The first kappa shape index (κ1) is 9.24. The fourth-order valence-corrected chi connectivity index (χ4v) is 1.30. The number of Topliss-reactive ketones (excluding diaryl/α,β-unsaturated/α-hetero) is 1. The summed E-state index contributed by atoms with van der Waals surface area (Å²) in [6.45, 7) is 0. The van der Waals surface area contributed by atoms with E-state index in [9.17, 15) is 4.79 Å². The molecule has 1 aromatic carbocycles. The summed E-state index contributed by atoms with van der Waals surface area (Å²) in [5.41, 5.74) is 0.230. The zero-order valence-electron chi connectivity index (χ0n) is 5.84. The van der Waals surface area contributed by atoms with Gasteiger partial charge < -0.3 is 0 Å². The molecule has 0 fully saturated rings. The van der Waals surface area contributed by atoms with Crippen molar-refractivity contribution in [3.05, 3.63) is 33.3 Å². The molecule has 0 bridgehead atoms. The third kappa shape index (κ3) is 1.84. The number of hydrogen-bond donors (Lipinski definition) is 0. The first-order valence-corrected chi connectivity index (χ1v) is 4.21. The van der Waals surface area contributed by atoms with Gasteiger partial charge in [-0.2, -0.15) is 5.26 Å². The molecule has 0 aromatic heterocycles. The van der Waals surface area contributed by atoms with Crippen molar-refractivity contribution in [3.8, 4) is 6.07 Å². The van der Waals surface area contributed by atoms with Gasteiger partial charge in [-0.25, -0.2) is 0 Å². The van der Waals surface area contributed by atoms with Gasteiger partial charge in [0.15, 0.2) is 0 Å². The van der Waals surface area contributed by atoms with Crippen LogP contribution >= 0.6 is 27.5 Å². The lowest BCUT2D eigenvalue weighted by Crippen LogP contribution is -1.95. The van der Waals surface area contributed by atoms with E-state index in [1.807, 2.05) is 0 Å². The van der Waals surface area contributed by atoms with Gasteiger partial charge in [-0.3, -0.25) is 4.79 Å². The van der Waals surface area contributed by atoms with Crippen LogP contribution in [0.25, 0.3) is 0 Å². The number of ketones is 1. The molecule has 4 heteroatoms. The van der Waals surface area contributed by atoms with Crippen molar-refractivity contribution in [1.29, 1.82) is 5.26 Å². The molecule has 1 aromatic rings. The van der Waals surface area contributed by atoms with Crippen molar-refractivity contribution in [2.24, 2.45) is 0 Å². The van der Waals surface area contributed by atoms with Gasteiger partial charge in [0.1, 0.15) is 6.07 Å². The fraction of sp³-hybridized carbons (Fsp3) is 0. The summed E-state index contributed by atoms with van der Waals surface area (Å²) in [4.78, 5) is 10.9. The molecular formula is C8H3BrClNO. The molecule has 0 aliphatic heterocycles. The minimum Gasteiger partial charge on any atom is -0.277 e. The van der Waals surface area contributed by atoms with Crippen LogP contribution in [0.3, 0.4) is 0 Å². The second kappa shape index (κ2) is 3.70. The molecular weight excluding hydrogens is 241 g/mol. The molecule has 0 radical (unpaired) electrons. The van der Waals surface area contributed by atoms with Crippen LogP contribution in [-0.2, 0) is 0 Å². The van der Waals surface area contributed by atoms with Gasteiger partial charge in [0.05, 0.1) is 10.6 Å². The van der Waals surface area contributed by atoms with Crippen LogP contribution in [0.4, 0.5) is 0 Å². The molecule has 2 nitrogen and oxygen atoms in total. The van der Waals surface area contributed by atoms with Crippen molar-refractivity contribution in [2.75, 3.05) is 0 Å². The molecule has 1 rings (SSSR count). The van der Waals surface area contributed by atoms with Gasteiger partial charge in [0.25, 0.3) is 5.78 Å². The number of nitrogens with zero attached hydrogens (tertiary/aromatic N) is 1. The van der Waals surface area contributed by atoms with Gasteiger partial charge >= 0.3 is 0 Å². The summed E-state index contributed by atoms with van der Waals surface area (Å²) in [7, 11) is 0. The van der Waals surface area contributed by atoms with Gasteiger partial charge in [-0.15, -0.1) is 0 Å². The van der Waals surface area contributed by atoms with Crippen LogP contribution in [0.5, 0.6) is 0 Å². The highest BCUT2D eigenvalue weighted by atomic mass is 79.9. The molecule has 60 valence electrons. The highest BCUT2D eigenvalue weighted by molar-refractivity contribution is 9.10. The maximum atomic E-state index is 10.9. The van der Waals surface area contributed by atoms with Crippen molar-refractivity contribution in [1.82, 2.24) is 0 Å². The molecule has 0 unspecified atom stereocenters. The van der Waals surface area contributed by atoms with Crippen molar-refractivity contribution in [3.63, 3.8) is 0 Å². The topological polar surface area (TPSA) is 40.9 Å². The van der Waals surface area contributed by atoms with Crippen molar-refractivity contribution < 1.29 is 4.79 Å². The summed E-state index contributed by atoms with van der Waals surface area (Å²) in [5, 5.41) is 8.63. The summed E-state index contributed by atoms with van der Waals surface area (Å²) in [5.74, 6) is -0.624. The molecule has 0 aliphatic carbocycles. The summed E-state index contributed by atoms with van der Waals surface area (Å²) < 4.78 is 0.727. The van der Waals surface area contributed by atoms with E-state index in [1.165, 1.54) is 12.1 Å². The van der Waals surface area contributed by atoms with E-state index in [0.717, 1.165) is 4.47 Å². The lowest BCUT2D eigenvalue weighted by molar-refractivity contribution is 0.105. The highest BCUT2D eigenvalue weighted by Gasteiger charge is 2.08. The Hall–Kier alpha value is -0.850. The molecule has 0 heterocycles. The van der Waals surface area contributed by atoms with Gasteiger partial charge in [0.2, 0.25) is 0 Å². The predicted octanol–water partition coefficient (Wildman–Crippen LogP) is 2.81. The maximum Gasteiger partial charge on any atom is 0.263 e.